The summed E-state index contributed by atoms with van der Waals surface area (Å²) in [5.41, 5.74) is -1.36. The molecular formula is C19H16ClF4N3O. The fourth-order valence-corrected chi connectivity index (χ4v) is 4.47. The molecule has 2 bridgehead atoms. The third kappa shape index (κ3) is 3.24. The van der Waals surface area contributed by atoms with Gasteiger partial charge in [0.1, 0.15) is 11.5 Å². The molecule has 3 aliphatic rings. The standard InChI is InChI=1S/C19H16ClF4N3O/c20-14-13(19(22,23)24)5-6-25-15(14)17(28)27-16(11-1-3-12(21)4-2-11)18-7-10(8-18)9-26-18/h1-6,10,16,26H,7-9H2,(H,27,28). The van der Waals surface area contributed by atoms with Gasteiger partial charge in [-0.25, -0.2) is 9.37 Å². The first-order chi connectivity index (χ1) is 13.2. The summed E-state index contributed by atoms with van der Waals surface area (Å²) in [5, 5.41) is 5.41. The Morgan fingerprint density at radius 1 is 1.25 bits per heavy atom. The predicted molar refractivity (Wildman–Crippen MR) is 94.3 cm³/mol. The van der Waals surface area contributed by atoms with E-state index in [0.29, 0.717) is 11.5 Å². The summed E-state index contributed by atoms with van der Waals surface area (Å²) in [5.74, 6) is -0.730. The lowest BCUT2D eigenvalue weighted by atomic mass is 9.67. The van der Waals surface area contributed by atoms with Crippen LogP contribution in [0.5, 0.6) is 0 Å². The van der Waals surface area contributed by atoms with Crippen LogP contribution in [0, 0.1) is 11.7 Å². The predicted octanol–water partition coefficient (Wildman–Crippen LogP) is 4.12. The molecule has 1 unspecified atom stereocenters. The summed E-state index contributed by atoms with van der Waals surface area (Å²) < 4.78 is 52.6. The summed E-state index contributed by atoms with van der Waals surface area (Å²) in [6.07, 6.45) is -2.15. The maximum Gasteiger partial charge on any atom is 0.417 e. The molecule has 9 heteroatoms. The zero-order valence-corrected chi connectivity index (χ0v) is 15.2. The van der Waals surface area contributed by atoms with Gasteiger partial charge in [-0.1, -0.05) is 23.7 Å². The number of nitrogens with zero attached hydrogens (tertiary/aromatic N) is 1. The lowest BCUT2D eigenvalue weighted by molar-refractivity contribution is -0.137. The Morgan fingerprint density at radius 3 is 2.50 bits per heavy atom. The highest BCUT2D eigenvalue weighted by atomic mass is 35.5. The van der Waals surface area contributed by atoms with Crippen LogP contribution >= 0.6 is 11.6 Å². The minimum atomic E-state index is -4.70. The maximum atomic E-state index is 13.3. The Balaban J connectivity index is 1.66. The first-order valence-electron chi connectivity index (χ1n) is 8.73. The number of fused-ring (bicyclic) bond motifs is 1. The van der Waals surface area contributed by atoms with Crippen LogP contribution < -0.4 is 10.6 Å². The van der Waals surface area contributed by atoms with E-state index in [1.54, 1.807) is 12.1 Å². The van der Waals surface area contributed by atoms with Gasteiger partial charge in [0, 0.05) is 11.7 Å². The number of hydrogen-bond donors (Lipinski definition) is 2. The maximum absolute atomic E-state index is 13.3. The smallest absolute Gasteiger partial charge is 0.342 e. The zero-order chi connectivity index (χ0) is 20.1. The van der Waals surface area contributed by atoms with Gasteiger partial charge >= 0.3 is 6.18 Å². The molecule has 148 valence electrons. The molecule has 1 aliphatic carbocycles. The van der Waals surface area contributed by atoms with Crippen molar-refractivity contribution in [3.63, 3.8) is 0 Å². The van der Waals surface area contributed by atoms with Crippen molar-refractivity contribution in [1.29, 1.82) is 0 Å². The topological polar surface area (TPSA) is 54.0 Å². The number of pyridine rings is 1. The molecule has 5 rings (SSSR count). The van der Waals surface area contributed by atoms with Crippen molar-refractivity contribution in [3.8, 4) is 0 Å². The molecule has 4 nitrogen and oxygen atoms in total. The molecule has 1 atom stereocenters. The van der Waals surface area contributed by atoms with Crippen LogP contribution in [0.2, 0.25) is 5.02 Å². The molecule has 28 heavy (non-hydrogen) atoms. The average Bonchev–Trinajstić information content (AvgIpc) is 3.21. The number of aromatic nitrogens is 1. The van der Waals surface area contributed by atoms with Gasteiger partial charge in [-0.3, -0.25) is 4.79 Å². The van der Waals surface area contributed by atoms with E-state index in [9.17, 15) is 22.4 Å². The summed E-state index contributed by atoms with van der Waals surface area (Å²) in [4.78, 5) is 16.5. The Morgan fingerprint density at radius 2 is 1.93 bits per heavy atom. The number of benzene rings is 1. The highest BCUT2D eigenvalue weighted by Gasteiger charge is 2.55. The molecule has 3 fully saturated rings. The normalized spacial score (nSPS) is 24.5. The molecular weight excluding hydrogens is 398 g/mol. The van der Waals surface area contributed by atoms with Crippen molar-refractivity contribution in [2.24, 2.45) is 5.92 Å². The first-order valence-corrected chi connectivity index (χ1v) is 9.10. The third-order valence-corrected chi connectivity index (χ3v) is 5.87. The molecule has 1 saturated carbocycles. The number of carbonyl (C=O) groups excluding carboxylic acids is 1. The minimum Gasteiger partial charge on any atom is -0.342 e. The van der Waals surface area contributed by atoms with Crippen LogP contribution in [-0.2, 0) is 6.18 Å². The van der Waals surface area contributed by atoms with Crippen LogP contribution in [0.4, 0.5) is 17.6 Å². The summed E-state index contributed by atoms with van der Waals surface area (Å²) >= 11 is 5.83. The monoisotopic (exact) mass is 413 g/mol. The fourth-order valence-electron chi connectivity index (χ4n) is 4.16. The van der Waals surface area contributed by atoms with Gasteiger partial charge < -0.3 is 10.6 Å². The van der Waals surface area contributed by atoms with E-state index >= 15 is 0 Å². The lowest BCUT2D eigenvalue weighted by Crippen LogP contribution is -2.54. The van der Waals surface area contributed by atoms with Crippen molar-refractivity contribution in [2.45, 2.75) is 30.6 Å². The molecule has 2 aliphatic heterocycles. The minimum absolute atomic E-state index is 0.410. The number of hydrogen-bond acceptors (Lipinski definition) is 3. The van der Waals surface area contributed by atoms with E-state index in [1.165, 1.54) is 12.1 Å². The fraction of sp³-hybridized carbons (Fsp3) is 0.368. The van der Waals surface area contributed by atoms with Gasteiger partial charge in [0.05, 0.1) is 16.6 Å². The van der Waals surface area contributed by atoms with Crippen molar-refractivity contribution in [1.82, 2.24) is 15.6 Å². The number of alkyl halides is 3. The second kappa shape index (κ2) is 6.70. The van der Waals surface area contributed by atoms with Crippen molar-refractivity contribution >= 4 is 17.5 Å². The quantitative estimate of drug-likeness (QED) is 0.741. The van der Waals surface area contributed by atoms with Crippen molar-refractivity contribution < 1.29 is 22.4 Å². The van der Waals surface area contributed by atoms with E-state index in [-0.39, 0.29) is 0 Å². The second-order valence-electron chi connectivity index (χ2n) is 7.29. The zero-order valence-electron chi connectivity index (χ0n) is 14.5. The van der Waals surface area contributed by atoms with Gasteiger partial charge in [-0.05, 0) is 49.1 Å². The second-order valence-corrected chi connectivity index (χ2v) is 7.67. The summed E-state index contributed by atoms with van der Waals surface area (Å²) in [6, 6.07) is 5.86. The Hall–Kier alpha value is -2.19. The van der Waals surface area contributed by atoms with Crippen LogP contribution in [0.15, 0.2) is 36.5 Å². The van der Waals surface area contributed by atoms with Crippen LogP contribution in [0.1, 0.15) is 40.5 Å². The Kier molecular flexibility index (Phi) is 4.58. The van der Waals surface area contributed by atoms with E-state index in [0.717, 1.165) is 31.6 Å². The van der Waals surface area contributed by atoms with Crippen molar-refractivity contribution in [2.75, 3.05) is 6.54 Å². The first kappa shape index (κ1) is 19.1. The molecule has 1 aromatic carbocycles. The number of halogens is 5. The molecule has 1 aromatic heterocycles. The molecule has 3 heterocycles. The highest BCUT2D eigenvalue weighted by molar-refractivity contribution is 6.34. The summed E-state index contributed by atoms with van der Waals surface area (Å²) in [7, 11) is 0. The van der Waals surface area contributed by atoms with Crippen molar-refractivity contribution in [3.05, 3.63) is 64.2 Å². The van der Waals surface area contributed by atoms with Gasteiger partial charge in [0.15, 0.2) is 0 Å². The molecule has 1 amide bonds. The van der Waals surface area contributed by atoms with Gasteiger partial charge in [0.25, 0.3) is 5.91 Å². The highest BCUT2D eigenvalue weighted by Crippen LogP contribution is 2.50. The Bertz CT molecular complexity index is 905. The number of nitrogens with one attached hydrogen (secondary N) is 2. The Labute approximate surface area is 163 Å². The van der Waals surface area contributed by atoms with Gasteiger partial charge in [-0.2, -0.15) is 13.2 Å². The molecule has 2 N–H and O–H groups in total. The number of carbonyl (C=O) groups is 1. The SMILES string of the molecule is O=C(NC(c1ccc(F)cc1)C12CC(CN1)C2)c1nccc(C(F)(F)F)c1Cl. The molecule has 2 aromatic rings. The number of amides is 1. The summed E-state index contributed by atoms with van der Waals surface area (Å²) in [6.45, 7) is 0.802. The molecule has 0 radical (unpaired) electrons. The number of rotatable bonds is 4. The van der Waals surface area contributed by atoms with E-state index < -0.39 is 45.8 Å². The largest absolute Gasteiger partial charge is 0.417 e. The molecule has 2 saturated heterocycles. The third-order valence-electron chi connectivity index (χ3n) is 5.49. The van der Waals surface area contributed by atoms with Crippen LogP contribution in [0.3, 0.4) is 0 Å². The van der Waals surface area contributed by atoms with Crippen LogP contribution in [0.25, 0.3) is 0 Å². The van der Waals surface area contributed by atoms with E-state index in [4.69, 9.17) is 11.6 Å². The van der Waals surface area contributed by atoms with Gasteiger partial charge in [-0.15, -0.1) is 0 Å². The molecule has 0 spiro atoms. The van der Waals surface area contributed by atoms with Crippen LogP contribution in [-0.4, -0.2) is 23.0 Å². The van der Waals surface area contributed by atoms with Gasteiger partial charge in [0.2, 0.25) is 0 Å². The lowest BCUT2D eigenvalue weighted by Gasteiger charge is -2.44. The van der Waals surface area contributed by atoms with E-state index in [1.807, 2.05) is 0 Å². The van der Waals surface area contributed by atoms with E-state index in [2.05, 4.69) is 15.6 Å². The average molecular weight is 414 g/mol.